The van der Waals surface area contributed by atoms with E-state index in [1.807, 2.05) is 0 Å². The summed E-state index contributed by atoms with van der Waals surface area (Å²) in [5.74, 6) is 1.20. The van der Waals surface area contributed by atoms with E-state index in [0.29, 0.717) is 41.7 Å². The molecule has 1 aromatic heterocycles. The number of hydrogen-bond acceptors (Lipinski definition) is 6. The van der Waals surface area contributed by atoms with Crippen LogP contribution in [0, 0.1) is 0 Å². The van der Waals surface area contributed by atoms with Crippen molar-refractivity contribution in [3.8, 4) is 5.88 Å². The van der Waals surface area contributed by atoms with Gasteiger partial charge in [0.05, 0.1) is 13.2 Å². The smallest absolute Gasteiger partial charge is 0.230 e. The third-order valence-electron chi connectivity index (χ3n) is 5.39. The fraction of sp³-hybridized carbons (Fsp3) is 0.765. The highest BCUT2D eigenvalue weighted by atomic mass is 35.5. The van der Waals surface area contributed by atoms with Crippen LogP contribution >= 0.6 is 11.6 Å². The lowest BCUT2D eigenvalue weighted by Gasteiger charge is -2.43. The highest BCUT2D eigenvalue weighted by Crippen LogP contribution is 2.30. The summed E-state index contributed by atoms with van der Waals surface area (Å²) in [5.41, 5.74) is 0. The van der Waals surface area contributed by atoms with Crippen molar-refractivity contribution < 1.29 is 9.47 Å². The van der Waals surface area contributed by atoms with Crippen LogP contribution in [0.25, 0.3) is 0 Å². The summed E-state index contributed by atoms with van der Waals surface area (Å²) in [6.07, 6.45) is 7.11. The first kappa shape index (κ1) is 16.4. The summed E-state index contributed by atoms with van der Waals surface area (Å²) >= 11 is 6.21. The van der Waals surface area contributed by atoms with Crippen molar-refractivity contribution in [2.45, 2.75) is 62.8 Å². The minimum absolute atomic E-state index is 0.0624. The Bertz CT molecular complexity index is 570. The quantitative estimate of drug-likeness (QED) is 0.840. The van der Waals surface area contributed by atoms with Gasteiger partial charge in [-0.1, -0.05) is 18.0 Å². The molecule has 0 amide bonds. The molecule has 132 valence electrons. The predicted molar refractivity (Wildman–Crippen MR) is 92.9 cm³/mol. The maximum absolute atomic E-state index is 6.21. The first-order chi connectivity index (χ1) is 11.7. The zero-order valence-corrected chi connectivity index (χ0v) is 14.8. The molecule has 0 saturated carbocycles. The minimum atomic E-state index is 0.0624. The lowest BCUT2D eigenvalue weighted by molar-refractivity contribution is 0.138. The second-order valence-corrected chi connectivity index (χ2v) is 7.55. The topological polar surface area (TPSA) is 59.5 Å². The number of anilines is 1. The lowest BCUT2D eigenvalue weighted by atomic mass is 9.83. The van der Waals surface area contributed by atoms with Gasteiger partial charge in [-0.3, -0.25) is 0 Å². The third-order valence-corrected chi connectivity index (χ3v) is 5.58. The van der Waals surface area contributed by atoms with E-state index in [1.54, 1.807) is 6.07 Å². The van der Waals surface area contributed by atoms with Crippen molar-refractivity contribution in [1.82, 2.24) is 15.3 Å². The molecular formula is C17H25ClN4O2. The van der Waals surface area contributed by atoms with Crippen molar-refractivity contribution in [1.29, 1.82) is 0 Å². The average Bonchev–Trinajstić information content (AvgIpc) is 3.06. The molecule has 3 atom stereocenters. The van der Waals surface area contributed by atoms with E-state index in [0.717, 1.165) is 25.9 Å². The van der Waals surface area contributed by atoms with Gasteiger partial charge < -0.3 is 19.7 Å². The number of aromatic nitrogens is 2. The van der Waals surface area contributed by atoms with Crippen molar-refractivity contribution >= 4 is 17.5 Å². The monoisotopic (exact) mass is 352 g/mol. The van der Waals surface area contributed by atoms with Gasteiger partial charge in [0.1, 0.15) is 11.3 Å². The predicted octanol–water partition coefficient (Wildman–Crippen LogP) is 2.41. The maximum Gasteiger partial charge on any atom is 0.230 e. The molecule has 1 N–H and O–H groups in total. The first-order valence-corrected chi connectivity index (χ1v) is 9.33. The Balaban J connectivity index is 1.48. The molecule has 3 fully saturated rings. The van der Waals surface area contributed by atoms with Crippen molar-refractivity contribution in [2.24, 2.45) is 0 Å². The zero-order chi connectivity index (χ0) is 16.5. The largest absolute Gasteiger partial charge is 0.472 e. The Labute approximate surface area is 147 Å². The SMILES string of the molecule is CN(c1nc(Cl)cc(O[C@H]2CCOC2)n1)C1CC2CCCC(C1)N2. The van der Waals surface area contributed by atoms with E-state index in [-0.39, 0.29) is 6.10 Å². The second kappa shape index (κ2) is 7.02. The number of nitrogens with one attached hydrogen (secondary N) is 1. The minimum Gasteiger partial charge on any atom is -0.472 e. The Hall–Kier alpha value is -1.11. The van der Waals surface area contributed by atoms with Crippen molar-refractivity contribution in [3.05, 3.63) is 11.2 Å². The second-order valence-electron chi connectivity index (χ2n) is 7.16. The van der Waals surface area contributed by atoms with E-state index in [9.17, 15) is 0 Å². The van der Waals surface area contributed by atoms with Crippen molar-refractivity contribution in [3.63, 3.8) is 0 Å². The van der Waals surface area contributed by atoms with E-state index in [4.69, 9.17) is 21.1 Å². The summed E-state index contributed by atoms with van der Waals surface area (Å²) in [6, 6.07) is 3.38. The summed E-state index contributed by atoms with van der Waals surface area (Å²) < 4.78 is 11.3. The summed E-state index contributed by atoms with van der Waals surface area (Å²) in [4.78, 5) is 11.2. The molecule has 3 saturated heterocycles. The van der Waals surface area contributed by atoms with Crippen LogP contribution in [0.2, 0.25) is 5.15 Å². The highest BCUT2D eigenvalue weighted by Gasteiger charge is 2.34. The molecule has 0 radical (unpaired) electrons. The van der Waals surface area contributed by atoms with Gasteiger partial charge in [0.15, 0.2) is 0 Å². The Morgan fingerprint density at radius 1 is 1.25 bits per heavy atom. The van der Waals surface area contributed by atoms with Gasteiger partial charge in [-0.15, -0.1) is 0 Å². The Morgan fingerprint density at radius 3 is 2.75 bits per heavy atom. The molecule has 2 unspecified atom stereocenters. The molecule has 6 nitrogen and oxygen atoms in total. The number of ether oxygens (including phenoxy) is 2. The van der Waals surface area contributed by atoms with Crippen molar-refractivity contribution in [2.75, 3.05) is 25.2 Å². The van der Waals surface area contributed by atoms with Crippen LogP contribution in [0.1, 0.15) is 38.5 Å². The molecule has 2 bridgehead atoms. The highest BCUT2D eigenvalue weighted by molar-refractivity contribution is 6.29. The van der Waals surface area contributed by atoms with Crippen LogP contribution in [0.4, 0.5) is 5.95 Å². The van der Waals surface area contributed by atoms with Crippen LogP contribution in [-0.4, -0.2) is 54.5 Å². The number of fused-ring (bicyclic) bond motifs is 2. The number of halogens is 1. The molecule has 24 heavy (non-hydrogen) atoms. The van der Waals surface area contributed by atoms with Gasteiger partial charge in [0, 0.05) is 37.7 Å². The van der Waals surface area contributed by atoms with Crippen LogP contribution in [0.15, 0.2) is 6.07 Å². The number of nitrogens with zero attached hydrogens (tertiary/aromatic N) is 3. The number of piperidine rings is 2. The Morgan fingerprint density at radius 2 is 2.04 bits per heavy atom. The van der Waals surface area contributed by atoms with Gasteiger partial charge in [0.2, 0.25) is 11.8 Å². The van der Waals surface area contributed by atoms with Gasteiger partial charge in [0.25, 0.3) is 0 Å². The standard InChI is InChI=1S/C17H25ClN4O2/c1-22(13-7-11-3-2-4-12(8-13)19-11)17-20-15(18)9-16(21-17)24-14-5-6-23-10-14/h9,11-14,19H,2-8,10H2,1H3/t11?,12?,13?,14-/m0/s1. The Kier molecular flexibility index (Phi) is 4.79. The third kappa shape index (κ3) is 3.60. The van der Waals surface area contributed by atoms with E-state index in [1.165, 1.54) is 19.3 Å². The molecule has 4 heterocycles. The molecule has 0 spiro atoms. The molecule has 0 aromatic carbocycles. The fourth-order valence-corrected chi connectivity index (χ4v) is 4.26. The number of hydrogen-bond donors (Lipinski definition) is 1. The molecule has 4 rings (SSSR count). The van der Waals surface area contributed by atoms with Gasteiger partial charge >= 0.3 is 0 Å². The number of rotatable bonds is 4. The average molecular weight is 353 g/mol. The molecule has 7 heteroatoms. The van der Waals surface area contributed by atoms with E-state index in [2.05, 4.69) is 27.2 Å². The lowest BCUT2D eigenvalue weighted by Crippen LogP contribution is -2.54. The zero-order valence-electron chi connectivity index (χ0n) is 14.1. The van der Waals surface area contributed by atoms with Crippen LogP contribution < -0.4 is 15.0 Å². The van der Waals surface area contributed by atoms with E-state index >= 15 is 0 Å². The molecule has 1 aromatic rings. The van der Waals surface area contributed by atoms with Gasteiger partial charge in [-0.25, -0.2) is 4.98 Å². The van der Waals surface area contributed by atoms with E-state index < -0.39 is 0 Å². The summed E-state index contributed by atoms with van der Waals surface area (Å²) in [5, 5.41) is 4.15. The molecule has 3 aliphatic rings. The maximum atomic E-state index is 6.21. The normalized spacial score (nSPS) is 32.6. The summed E-state index contributed by atoms with van der Waals surface area (Å²) in [6.45, 7) is 1.36. The first-order valence-electron chi connectivity index (χ1n) is 8.95. The molecular weight excluding hydrogens is 328 g/mol. The van der Waals surface area contributed by atoms with Crippen LogP contribution in [0.5, 0.6) is 5.88 Å². The summed E-state index contributed by atoms with van der Waals surface area (Å²) in [7, 11) is 2.07. The molecule has 0 aliphatic carbocycles. The van der Waals surface area contributed by atoms with Crippen LogP contribution in [0.3, 0.4) is 0 Å². The van der Waals surface area contributed by atoms with Crippen LogP contribution in [-0.2, 0) is 4.74 Å². The molecule has 3 aliphatic heterocycles. The fourth-order valence-electron chi connectivity index (χ4n) is 4.10. The van der Waals surface area contributed by atoms with Gasteiger partial charge in [-0.05, 0) is 25.7 Å². The van der Waals surface area contributed by atoms with Gasteiger partial charge in [-0.2, -0.15) is 4.98 Å².